The Morgan fingerprint density at radius 3 is 2.53 bits per heavy atom. The van der Waals surface area contributed by atoms with Gasteiger partial charge in [-0.1, -0.05) is 38.6 Å². The summed E-state index contributed by atoms with van der Waals surface area (Å²) in [5, 5.41) is 0. The molecule has 1 fully saturated rings. The molecule has 0 aromatic heterocycles. The molecule has 0 bridgehead atoms. The van der Waals surface area contributed by atoms with Crippen LogP contribution in [0.4, 0.5) is 5.69 Å². The van der Waals surface area contributed by atoms with Crippen molar-refractivity contribution in [2.24, 2.45) is 11.8 Å². The Morgan fingerprint density at radius 2 is 1.94 bits per heavy atom. The average molecular weight is 229 g/mol. The van der Waals surface area contributed by atoms with E-state index < -0.39 is 0 Å². The van der Waals surface area contributed by atoms with Crippen molar-refractivity contribution >= 4 is 11.6 Å². The molecule has 2 nitrogen and oxygen atoms in total. The van der Waals surface area contributed by atoms with E-state index in [9.17, 15) is 4.79 Å². The van der Waals surface area contributed by atoms with E-state index in [1.54, 1.807) is 0 Å². The zero-order valence-corrected chi connectivity index (χ0v) is 10.5. The minimum absolute atomic E-state index is 0.0769. The molecule has 0 radical (unpaired) electrons. The van der Waals surface area contributed by atoms with E-state index in [-0.39, 0.29) is 5.91 Å². The van der Waals surface area contributed by atoms with Crippen LogP contribution in [0.1, 0.15) is 20.3 Å². The van der Waals surface area contributed by atoms with Gasteiger partial charge in [0, 0.05) is 17.8 Å². The van der Waals surface area contributed by atoms with Gasteiger partial charge in [-0.2, -0.15) is 0 Å². The van der Waals surface area contributed by atoms with Crippen LogP contribution in [0, 0.1) is 11.8 Å². The summed E-state index contributed by atoms with van der Waals surface area (Å²) in [5.74, 6) is 1.17. The third-order valence-electron chi connectivity index (χ3n) is 3.48. The Balaban J connectivity index is 2.26. The fraction of sp³-hybridized carbons (Fsp3) is 0.400. The van der Waals surface area contributed by atoms with Crippen LogP contribution >= 0.6 is 0 Å². The van der Waals surface area contributed by atoms with Gasteiger partial charge in [-0.05, 0) is 30.4 Å². The quantitative estimate of drug-likeness (QED) is 0.713. The Kier molecular flexibility index (Phi) is 3.32. The van der Waals surface area contributed by atoms with Crippen molar-refractivity contribution in [2.45, 2.75) is 20.3 Å². The van der Waals surface area contributed by atoms with E-state index >= 15 is 0 Å². The summed E-state index contributed by atoms with van der Waals surface area (Å²) in [5.41, 5.74) is 1.71. The van der Waals surface area contributed by atoms with E-state index in [4.69, 9.17) is 0 Å². The Morgan fingerprint density at radius 1 is 1.29 bits per heavy atom. The number of carbonyl (C=O) groups is 1. The molecule has 0 aliphatic carbocycles. The summed E-state index contributed by atoms with van der Waals surface area (Å²) < 4.78 is 0. The molecule has 1 aromatic rings. The van der Waals surface area contributed by atoms with E-state index in [2.05, 4.69) is 20.4 Å². The predicted octanol–water partition coefficient (Wildman–Crippen LogP) is 3.25. The molecule has 90 valence electrons. The zero-order valence-electron chi connectivity index (χ0n) is 10.5. The minimum atomic E-state index is 0.0769. The maximum Gasteiger partial charge on any atom is 0.253 e. The standard InChI is InChI=1S/C15H19NO/c1-11(2)13-9-12(3)15(17)16(10-13)14-7-5-4-6-8-14/h4-8,11,13H,3,9-10H2,1-2H3/t13-/m0/s1. The molecular formula is C15H19NO. The molecule has 1 atom stereocenters. The van der Waals surface area contributed by atoms with Gasteiger partial charge < -0.3 is 4.90 Å². The molecular weight excluding hydrogens is 210 g/mol. The van der Waals surface area contributed by atoms with Gasteiger partial charge in [-0.25, -0.2) is 0 Å². The monoisotopic (exact) mass is 229 g/mol. The maximum absolute atomic E-state index is 12.1. The lowest BCUT2D eigenvalue weighted by Gasteiger charge is -2.35. The van der Waals surface area contributed by atoms with Gasteiger partial charge in [0.05, 0.1) is 0 Å². The number of carbonyl (C=O) groups excluding carboxylic acids is 1. The number of piperidine rings is 1. The predicted molar refractivity (Wildman–Crippen MR) is 70.9 cm³/mol. The lowest BCUT2D eigenvalue weighted by atomic mass is 9.85. The molecule has 1 saturated heterocycles. The first kappa shape index (κ1) is 11.9. The number of amides is 1. The topological polar surface area (TPSA) is 20.3 Å². The smallest absolute Gasteiger partial charge is 0.253 e. The van der Waals surface area contributed by atoms with Crippen LogP contribution in [-0.2, 0) is 4.79 Å². The average Bonchev–Trinajstić information content (AvgIpc) is 2.33. The SMILES string of the molecule is C=C1C[C@H](C(C)C)CN(c2ccccc2)C1=O. The summed E-state index contributed by atoms with van der Waals surface area (Å²) in [7, 11) is 0. The highest BCUT2D eigenvalue weighted by atomic mass is 16.2. The third kappa shape index (κ3) is 2.41. The Labute approximate surface area is 103 Å². The van der Waals surface area contributed by atoms with E-state index in [0.29, 0.717) is 11.8 Å². The van der Waals surface area contributed by atoms with Crippen molar-refractivity contribution in [3.8, 4) is 0 Å². The van der Waals surface area contributed by atoms with Crippen LogP contribution in [-0.4, -0.2) is 12.5 Å². The molecule has 0 saturated carbocycles. The molecule has 1 aliphatic rings. The first-order chi connectivity index (χ1) is 8.09. The summed E-state index contributed by atoms with van der Waals surface area (Å²) in [6.45, 7) is 9.13. The molecule has 2 rings (SSSR count). The molecule has 1 aliphatic heterocycles. The fourth-order valence-corrected chi connectivity index (χ4v) is 2.25. The largest absolute Gasteiger partial charge is 0.308 e. The van der Waals surface area contributed by atoms with Crippen LogP contribution in [0.15, 0.2) is 42.5 Å². The maximum atomic E-state index is 12.1. The third-order valence-corrected chi connectivity index (χ3v) is 3.48. The molecule has 1 amide bonds. The lowest BCUT2D eigenvalue weighted by molar-refractivity contribution is -0.116. The van der Waals surface area contributed by atoms with E-state index in [0.717, 1.165) is 24.2 Å². The Hall–Kier alpha value is -1.57. The number of anilines is 1. The van der Waals surface area contributed by atoms with Crippen LogP contribution in [0.5, 0.6) is 0 Å². The van der Waals surface area contributed by atoms with Crippen molar-refractivity contribution < 1.29 is 4.79 Å². The number of hydrogen-bond donors (Lipinski definition) is 0. The highest BCUT2D eigenvalue weighted by Gasteiger charge is 2.30. The van der Waals surface area contributed by atoms with Gasteiger partial charge in [-0.15, -0.1) is 0 Å². The summed E-state index contributed by atoms with van der Waals surface area (Å²) in [6, 6.07) is 9.85. The molecule has 0 spiro atoms. The first-order valence-electron chi connectivity index (χ1n) is 6.14. The molecule has 1 heterocycles. The van der Waals surface area contributed by atoms with Crippen molar-refractivity contribution in [3.05, 3.63) is 42.5 Å². The first-order valence-corrected chi connectivity index (χ1v) is 6.14. The Bertz CT molecular complexity index is 422. The number of rotatable bonds is 2. The van der Waals surface area contributed by atoms with Gasteiger partial charge in [0.25, 0.3) is 5.91 Å². The summed E-state index contributed by atoms with van der Waals surface area (Å²) >= 11 is 0. The van der Waals surface area contributed by atoms with Crippen LogP contribution in [0.3, 0.4) is 0 Å². The zero-order chi connectivity index (χ0) is 12.4. The molecule has 1 aromatic carbocycles. The molecule has 0 N–H and O–H groups in total. The number of benzene rings is 1. The normalized spacial score (nSPS) is 21.1. The van der Waals surface area contributed by atoms with Crippen LogP contribution in [0.2, 0.25) is 0 Å². The minimum Gasteiger partial charge on any atom is -0.308 e. The van der Waals surface area contributed by atoms with Gasteiger partial charge in [-0.3, -0.25) is 4.79 Å². The highest BCUT2D eigenvalue weighted by molar-refractivity contribution is 6.06. The molecule has 0 unspecified atom stereocenters. The van der Waals surface area contributed by atoms with Gasteiger partial charge >= 0.3 is 0 Å². The number of para-hydroxylation sites is 1. The molecule has 2 heteroatoms. The van der Waals surface area contributed by atoms with Crippen molar-refractivity contribution in [3.63, 3.8) is 0 Å². The second-order valence-corrected chi connectivity index (χ2v) is 5.06. The number of nitrogens with zero attached hydrogens (tertiary/aromatic N) is 1. The molecule has 17 heavy (non-hydrogen) atoms. The van der Waals surface area contributed by atoms with Crippen molar-refractivity contribution in [1.82, 2.24) is 0 Å². The lowest BCUT2D eigenvalue weighted by Crippen LogP contribution is -2.42. The highest BCUT2D eigenvalue weighted by Crippen LogP contribution is 2.30. The van der Waals surface area contributed by atoms with Gasteiger partial charge in [0.1, 0.15) is 0 Å². The van der Waals surface area contributed by atoms with Crippen LogP contribution in [0.25, 0.3) is 0 Å². The number of hydrogen-bond acceptors (Lipinski definition) is 1. The second-order valence-electron chi connectivity index (χ2n) is 5.06. The van der Waals surface area contributed by atoms with E-state index in [1.807, 2.05) is 35.2 Å². The van der Waals surface area contributed by atoms with Crippen LogP contribution < -0.4 is 4.90 Å². The summed E-state index contributed by atoms with van der Waals surface area (Å²) in [6.07, 6.45) is 0.833. The van der Waals surface area contributed by atoms with Crippen molar-refractivity contribution in [2.75, 3.05) is 11.4 Å². The van der Waals surface area contributed by atoms with Gasteiger partial charge in [0.2, 0.25) is 0 Å². The van der Waals surface area contributed by atoms with Gasteiger partial charge in [0.15, 0.2) is 0 Å². The van der Waals surface area contributed by atoms with Crippen molar-refractivity contribution in [1.29, 1.82) is 0 Å². The fourth-order valence-electron chi connectivity index (χ4n) is 2.25. The summed E-state index contributed by atoms with van der Waals surface area (Å²) in [4.78, 5) is 14.0. The second kappa shape index (κ2) is 4.74. The van der Waals surface area contributed by atoms with E-state index in [1.165, 1.54) is 0 Å².